The molecule has 4 heteroatoms. The molecule has 0 saturated carbocycles. The predicted molar refractivity (Wildman–Crippen MR) is 100 cm³/mol. The van der Waals surface area contributed by atoms with Crippen LogP contribution in [-0.2, 0) is 9.59 Å². The highest BCUT2D eigenvalue weighted by atomic mass is 16.2. The van der Waals surface area contributed by atoms with Crippen LogP contribution in [-0.4, -0.2) is 41.2 Å². The molecule has 0 aliphatic carbocycles. The summed E-state index contributed by atoms with van der Waals surface area (Å²) < 4.78 is 0. The van der Waals surface area contributed by atoms with E-state index in [-0.39, 0.29) is 24.4 Å². The third kappa shape index (κ3) is 3.84. The van der Waals surface area contributed by atoms with Gasteiger partial charge in [0.1, 0.15) is 6.54 Å². The van der Waals surface area contributed by atoms with Crippen LogP contribution in [0.2, 0.25) is 0 Å². The van der Waals surface area contributed by atoms with Gasteiger partial charge in [-0.2, -0.15) is 0 Å². The molecule has 0 bridgehead atoms. The van der Waals surface area contributed by atoms with Crippen molar-refractivity contribution >= 4 is 22.6 Å². The molecule has 0 radical (unpaired) electrons. The van der Waals surface area contributed by atoms with Gasteiger partial charge in [-0.05, 0) is 42.5 Å². The second-order valence-electron chi connectivity index (χ2n) is 6.83. The number of piperidine rings is 1. The standard InChI is InChI=1S/C21H26N2O2/c1-16(19-12-8-10-18-9-4-5-11-20(18)19)23(17(2)24)15-21(25)22-13-6-3-7-14-22/h4-5,8-12,16H,3,6-7,13-15H2,1-2H3/t16-/m0/s1. The molecule has 1 atom stereocenters. The largest absolute Gasteiger partial charge is 0.341 e. The smallest absolute Gasteiger partial charge is 0.242 e. The van der Waals surface area contributed by atoms with Crippen LogP contribution in [0.1, 0.15) is 44.7 Å². The fraction of sp³-hybridized carbons (Fsp3) is 0.429. The number of hydrogen-bond donors (Lipinski definition) is 0. The first-order valence-electron chi connectivity index (χ1n) is 9.10. The van der Waals surface area contributed by atoms with E-state index in [1.54, 1.807) is 11.8 Å². The number of hydrogen-bond acceptors (Lipinski definition) is 2. The van der Waals surface area contributed by atoms with Crippen LogP contribution in [0.4, 0.5) is 0 Å². The second kappa shape index (κ2) is 7.68. The lowest BCUT2D eigenvalue weighted by Crippen LogP contribution is -2.45. The summed E-state index contributed by atoms with van der Waals surface area (Å²) in [5.41, 5.74) is 1.08. The maximum Gasteiger partial charge on any atom is 0.242 e. The molecule has 0 unspecified atom stereocenters. The van der Waals surface area contributed by atoms with E-state index in [2.05, 4.69) is 18.2 Å². The number of carbonyl (C=O) groups excluding carboxylic acids is 2. The van der Waals surface area contributed by atoms with E-state index in [4.69, 9.17) is 0 Å². The molecular weight excluding hydrogens is 312 g/mol. The van der Waals surface area contributed by atoms with Crippen molar-refractivity contribution in [2.45, 2.75) is 39.2 Å². The number of benzene rings is 2. The summed E-state index contributed by atoms with van der Waals surface area (Å²) in [6.45, 7) is 5.33. The maximum atomic E-state index is 12.6. The van der Waals surface area contributed by atoms with Crippen molar-refractivity contribution < 1.29 is 9.59 Å². The van der Waals surface area contributed by atoms with Crippen LogP contribution in [0, 0.1) is 0 Å². The third-order valence-electron chi connectivity index (χ3n) is 5.16. The van der Waals surface area contributed by atoms with Gasteiger partial charge in [0.05, 0.1) is 6.04 Å². The quantitative estimate of drug-likeness (QED) is 0.851. The van der Waals surface area contributed by atoms with Gasteiger partial charge in [0.2, 0.25) is 11.8 Å². The van der Waals surface area contributed by atoms with Gasteiger partial charge in [0, 0.05) is 20.0 Å². The van der Waals surface area contributed by atoms with E-state index >= 15 is 0 Å². The minimum atomic E-state index is -0.141. The molecule has 0 N–H and O–H groups in total. The molecule has 1 fully saturated rings. The summed E-state index contributed by atoms with van der Waals surface area (Å²) in [6.07, 6.45) is 3.31. The van der Waals surface area contributed by atoms with Crippen LogP contribution < -0.4 is 0 Å². The summed E-state index contributed by atoms with van der Waals surface area (Å²) in [5, 5.41) is 2.28. The summed E-state index contributed by atoms with van der Waals surface area (Å²) >= 11 is 0. The van der Waals surface area contributed by atoms with Crippen LogP contribution in [0.15, 0.2) is 42.5 Å². The summed E-state index contributed by atoms with van der Waals surface area (Å²) in [7, 11) is 0. The summed E-state index contributed by atoms with van der Waals surface area (Å²) in [4.78, 5) is 28.5. The number of likely N-dealkylation sites (tertiary alicyclic amines) is 1. The second-order valence-corrected chi connectivity index (χ2v) is 6.83. The molecule has 1 heterocycles. The summed E-state index contributed by atoms with van der Waals surface area (Å²) in [6, 6.07) is 14.2. The Labute approximate surface area is 149 Å². The van der Waals surface area contributed by atoms with Crippen LogP contribution >= 0.6 is 0 Å². The molecule has 4 nitrogen and oxygen atoms in total. The minimum absolute atomic E-state index is 0.0574. The van der Waals surface area contributed by atoms with Crippen molar-refractivity contribution in [1.29, 1.82) is 0 Å². The predicted octanol–water partition coefficient (Wildman–Crippen LogP) is 3.76. The zero-order valence-corrected chi connectivity index (χ0v) is 15.1. The topological polar surface area (TPSA) is 40.6 Å². The highest BCUT2D eigenvalue weighted by molar-refractivity contribution is 5.88. The first kappa shape index (κ1) is 17.5. The molecule has 1 saturated heterocycles. The van der Waals surface area contributed by atoms with E-state index < -0.39 is 0 Å². The van der Waals surface area contributed by atoms with Gasteiger partial charge in [-0.3, -0.25) is 9.59 Å². The summed E-state index contributed by atoms with van der Waals surface area (Å²) in [5.74, 6) is -0.00668. The Morgan fingerprint density at radius 1 is 1.04 bits per heavy atom. The van der Waals surface area contributed by atoms with E-state index in [0.717, 1.165) is 42.3 Å². The lowest BCUT2D eigenvalue weighted by Gasteiger charge is -2.33. The van der Waals surface area contributed by atoms with Gasteiger partial charge in [-0.1, -0.05) is 42.5 Å². The van der Waals surface area contributed by atoms with Crippen molar-refractivity contribution in [3.63, 3.8) is 0 Å². The Hall–Kier alpha value is -2.36. The number of fused-ring (bicyclic) bond motifs is 1. The van der Waals surface area contributed by atoms with E-state index in [1.807, 2.05) is 36.1 Å². The Morgan fingerprint density at radius 2 is 1.72 bits per heavy atom. The van der Waals surface area contributed by atoms with Gasteiger partial charge < -0.3 is 9.80 Å². The normalized spacial score (nSPS) is 15.8. The highest BCUT2D eigenvalue weighted by Gasteiger charge is 2.25. The number of nitrogens with zero attached hydrogens (tertiary/aromatic N) is 2. The molecule has 1 aliphatic heterocycles. The molecule has 0 spiro atoms. The van der Waals surface area contributed by atoms with Gasteiger partial charge in [0.25, 0.3) is 0 Å². The molecule has 2 aromatic rings. The fourth-order valence-corrected chi connectivity index (χ4v) is 3.69. The Bertz CT molecular complexity index is 760. The van der Waals surface area contributed by atoms with Crippen molar-refractivity contribution in [2.24, 2.45) is 0 Å². The Balaban J connectivity index is 1.84. The van der Waals surface area contributed by atoms with Crippen LogP contribution in [0.25, 0.3) is 10.8 Å². The van der Waals surface area contributed by atoms with Crippen LogP contribution in [0.5, 0.6) is 0 Å². The number of amides is 2. The van der Waals surface area contributed by atoms with E-state index in [9.17, 15) is 9.59 Å². The van der Waals surface area contributed by atoms with Crippen molar-refractivity contribution in [3.8, 4) is 0 Å². The zero-order valence-electron chi connectivity index (χ0n) is 15.1. The monoisotopic (exact) mass is 338 g/mol. The lowest BCUT2D eigenvalue weighted by molar-refractivity contribution is -0.141. The SMILES string of the molecule is CC(=O)N(CC(=O)N1CCCCC1)[C@@H](C)c1cccc2ccccc12. The molecule has 3 rings (SSSR count). The van der Waals surface area contributed by atoms with Gasteiger partial charge in [0.15, 0.2) is 0 Å². The van der Waals surface area contributed by atoms with Crippen molar-refractivity contribution in [3.05, 3.63) is 48.0 Å². The first-order valence-corrected chi connectivity index (χ1v) is 9.10. The van der Waals surface area contributed by atoms with E-state index in [0.29, 0.717) is 0 Å². The maximum absolute atomic E-state index is 12.6. The van der Waals surface area contributed by atoms with Gasteiger partial charge >= 0.3 is 0 Å². The Kier molecular flexibility index (Phi) is 5.37. The van der Waals surface area contributed by atoms with E-state index in [1.165, 1.54) is 6.42 Å². The lowest BCUT2D eigenvalue weighted by atomic mass is 9.98. The van der Waals surface area contributed by atoms with Gasteiger partial charge in [-0.25, -0.2) is 0 Å². The average Bonchev–Trinajstić information content (AvgIpc) is 2.65. The Morgan fingerprint density at radius 3 is 2.44 bits per heavy atom. The average molecular weight is 338 g/mol. The van der Waals surface area contributed by atoms with Crippen molar-refractivity contribution in [1.82, 2.24) is 9.80 Å². The molecule has 0 aromatic heterocycles. The number of carbonyl (C=O) groups is 2. The molecule has 2 amide bonds. The first-order chi connectivity index (χ1) is 12.1. The molecule has 1 aliphatic rings. The zero-order chi connectivity index (χ0) is 17.8. The number of rotatable bonds is 4. The fourth-order valence-electron chi connectivity index (χ4n) is 3.69. The highest BCUT2D eigenvalue weighted by Crippen LogP contribution is 2.28. The van der Waals surface area contributed by atoms with Crippen LogP contribution in [0.3, 0.4) is 0 Å². The van der Waals surface area contributed by atoms with Gasteiger partial charge in [-0.15, -0.1) is 0 Å². The minimum Gasteiger partial charge on any atom is -0.341 e. The van der Waals surface area contributed by atoms with Crippen molar-refractivity contribution in [2.75, 3.05) is 19.6 Å². The molecule has 132 valence electrons. The third-order valence-corrected chi connectivity index (χ3v) is 5.16. The molecule has 25 heavy (non-hydrogen) atoms. The molecular formula is C21H26N2O2. The molecule has 2 aromatic carbocycles.